The standard InChI is InChI=1S/C27H35N7OS/c1-8-28-20(4)34(9-2)23-15-13-21(14-16-23)31-26-29-18-19(3)25(32-26)30-22-11-10-12-24(17-22)36(35)33-27(5,6)7/h9-18,33H,2,8H2,1,3-7H3,(H2,29,30,31,32). The molecule has 0 radical (unpaired) electrons. The van der Waals surface area contributed by atoms with E-state index in [0.717, 1.165) is 28.5 Å². The van der Waals surface area contributed by atoms with Crippen molar-refractivity contribution >= 4 is 45.6 Å². The number of aromatic nitrogens is 2. The number of anilines is 5. The Kier molecular flexibility index (Phi) is 8.95. The quantitative estimate of drug-likeness (QED) is 0.241. The van der Waals surface area contributed by atoms with E-state index in [1.807, 2.05) is 95.0 Å². The summed E-state index contributed by atoms with van der Waals surface area (Å²) in [5, 5.41) is 6.58. The van der Waals surface area contributed by atoms with Gasteiger partial charge in [-0.2, -0.15) is 4.98 Å². The van der Waals surface area contributed by atoms with Crippen molar-refractivity contribution in [3.8, 4) is 0 Å². The summed E-state index contributed by atoms with van der Waals surface area (Å²) < 4.78 is 15.8. The highest BCUT2D eigenvalue weighted by atomic mass is 32.2. The van der Waals surface area contributed by atoms with Crippen molar-refractivity contribution in [2.45, 2.75) is 52.0 Å². The molecule has 0 aliphatic rings. The van der Waals surface area contributed by atoms with Crippen LogP contribution in [0.4, 0.5) is 28.8 Å². The smallest absolute Gasteiger partial charge is 0.229 e. The van der Waals surface area contributed by atoms with E-state index in [1.165, 1.54) is 0 Å². The highest BCUT2D eigenvalue weighted by Gasteiger charge is 2.15. The predicted molar refractivity (Wildman–Crippen MR) is 152 cm³/mol. The van der Waals surface area contributed by atoms with E-state index in [-0.39, 0.29) is 5.54 Å². The Bertz CT molecular complexity index is 1250. The van der Waals surface area contributed by atoms with E-state index >= 15 is 0 Å². The number of aryl methyl sites for hydroxylation is 1. The van der Waals surface area contributed by atoms with Gasteiger partial charge < -0.3 is 15.5 Å². The van der Waals surface area contributed by atoms with Gasteiger partial charge >= 0.3 is 0 Å². The van der Waals surface area contributed by atoms with Gasteiger partial charge in [0, 0.05) is 47.1 Å². The molecule has 1 atom stereocenters. The fourth-order valence-corrected chi connectivity index (χ4v) is 4.47. The van der Waals surface area contributed by atoms with Gasteiger partial charge in [0.05, 0.1) is 4.90 Å². The normalized spacial score (nSPS) is 12.7. The van der Waals surface area contributed by atoms with Crippen molar-refractivity contribution in [3.63, 3.8) is 0 Å². The maximum absolute atomic E-state index is 12.7. The first-order valence-electron chi connectivity index (χ1n) is 11.8. The molecule has 0 aliphatic carbocycles. The zero-order valence-electron chi connectivity index (χ0n) is 21.8. The summed E-state index contributed by atoms with van der Waals surface area (Å²) in [5.41, 5.74) is 3.25. The summed E-state index contributed by atoms with van der Waals surface area (Å²) in [7, 11) is -1.32. The topological polar surface area (TPSA) is 94.5 Å². The molecule has 0 saturated carbocycles. The number of benzene rings is 2. The third-order valence-corrected chi connectivity index (χ3v) is 6.48. The molecule has 0 amide bonds. The lowest BCUT2D eigenvalue weighted by atomic mass is 10.1. The van der Waals surface area contributed by atoms with Gasteiger partial charge in [-0.25, -0.2) is 13.9 Å². The molecule has 3 aromatic rings. The minimum absolute atomic E-state index is 0.262. The second kappa shape index (κ2) is 11.9. The van der Waals surface area contributed by atoms with Crippen LogP contribution in [0.3, 0.4) is 0 Å². The van der Waals surface area contributed by atoms with Gasteiger partial charge in [0.1, 0.15) is 22.6 Å². The molecule has 0 bridgehead atoms. The molecule has 0 fully saturated rings. The van der Waals surface area contributed by atoms with Crippen LogP contribution in [0.2, 0.25) is 0 Å². The van der Waals surface area contributed by atoms with Gasteiger partial charge in [-0.1, -0.05) is 12.6 Å². The summed E-state index contributed by atoms with van der Waals surface area (Å²) in [4.78, 5) is 16.2. The first-order chi connectivity index (χ1) is 17.1. The van der Waals surface area contributed by atoms with Crippen LogP contribution in [-0.4, -0.2) is 32.1 Å². The van der Waals surface area contributed by atoms with Crippen molar-refractivity contribution < 1.29 is 4.21 Å². The first-order valence-corrected chi connectivity index (χ1v) is 12.9. The molecule has 3 rings (SSSR count). The largest absolute Gasteiger partial charge is 0.340 e. The fraction of sp³-hybridized carbons (Fsp3) is 0.296. The molecule has 0 aliphatic heterocycles. The van der Waals surface area contributed by atoms with Crippen LogP contribution in [-0.2, 0) is 11.0 Å². The Morgan fingerprint density at radius 2 is 1.86 bits per heavy atom. The van der Waals surface area contributed by atoms with Gasteiger partial charge in [-0.15, -0.1) is 0 Å². The van der Waals surface area contributed by atoms with Gasteiger partial charge in [-0.3, -0.25) is 4.99 Å². The minimum Gasteiger partial charge on any atom is -0.340 e. The minimum atomic E-state index is -1.32. The maximum Gasteiger partial charge on any atom is 0.229 e. The summed E-state index contributed by atoms with van der Waals surface area (Å²) in [5.74, 6) is 2.02. The van der Waals surface area contributed by atoms with E-state index in [4.69, 9.17) is 0 Å². The summed E-state index contributed by atoms with van der Waals surface area (Å²) in [6.45, 7) is 16.5. The molecule has 0 saturated heterocycles. The lowest BCUT2D eigenvalue weighted by molar-refractivity contribution is 0.519. The second-order valence-corrected chi connectivity index (χ2v) is 10.5. The summed E-state index contributed by atoms with van der Waals surface area (Å²) >= 11 is 0. The molecule has 1 aromatic heterocycles. The van der Waals surface area contributed by atoms with Crippen molar-refractivity contribution in [2.24, 2.45) is 4.99 Å². The lowest BCUT2D eigenvalue weighted by Gasteiger charge is -2.20. The molecule has 3 N–H and O–H groups in total. The molecule has 190 valence electrons. The van der Waals surface area contributed by atoms with Crippen LogP contribution in [0.25, 0.3) is 0 Å². The lowest BCUT2D eigenvalue weighted by Crippen LogP contribution is -2.37. The van der Waals surface area contributed by atoms with Gasteiger partial charge in [0.2, 0.25) is 5.95 Å². The van der Waals surface area contributed by atoms with Crippen LogP contribution in [0.15, 0.2) is 77.4 Å². The highest BCUT2D eigenvalue weighted by molar-refractivity contribution is 7.83. The summed E-state index contributed by atoms with van der Waals surface area (Å²) in [6.07, 6.45) is 3.51. The zero-order chi connectivity index (χ0) is 26.3. The second-order valence-electron chi connectivity index (χ2n) is 9.24. The molecular weight excluding hydrogens is 470 g/mol. The van der Waals surface area contributed by atoms with Crippen LogP contribution in [0, 0.1) is 6.92 Å². The average molecular weight is 506 g/mol. The number of amidine groups is 1. The Morgan fingerprint density at radius 3 is 2.50 bits per heavy atom. The monoisotopic (exact) mass is 505 g/mol. The van der Waals surface area contributed by atoms with E-state index in [9.17, 15) is 4.21 Å². The van der Waals surface area contributed by atoms with Crippen molar-refractivity contribution in [3.05, 3.63) is 73.1 Å². The van der Waals surface area contributed by atoms with E-state index in [0.29, 0.717) is 23.2 Å². The average Bonchev–Trinajstić information content (AvgIpc) is 2.82. The molecular formula is C27H35N7OS. The number of nitrogens with one attached hydrogen (secondary N) is 3. The Balaban J connectivity index is 1.75. The predicted octanol–water partition coefficient (Wildman–Crippen LogP) is 6.07. The highest BCUT2D eigenvalue weighted by Crippen LogP contribution is 2.24. The zero-order valence-corrected chi connectivity index (χ0v) is 22.6. The van der Waals surface area contributed by atoms with Gasteiger partial charge in [0.25, 0.3) is 0 Å². The molecule has 8 nitrogen and oxygen atoms in total. The molecule has 36 heavy (non-hydrogen) atoms. The summed E-state index contributed by atoms with van der Waals surface area (Å²) in [6, 6.07) is 15.4. The van der Waals surface area contributed by atoms with E-state index in [2.05, 4.69) is 36.9 Å². The number of hydrogen-bond donors (Lipinski definition) is 3. The third kappa shape index (κ3) is 7.47. The van der Waals surface area contributed by atoms with E-state index < -0.39 is 11.0 Å². The Labute approximate surface area is 216 Å². The Hall–Kier alpha value is -3.56. The molecule has 2 aromatic carbocycles. The molecule has 1 unspecified atom stereocenters. The number of rotatable bonds is 9. The maximum atomic E-state index is 12.7. The Morgan fingerprint density at radius 1 is 1.14 bits per heavy atom. The molecule has 9 heteroatoms. The van der Waals surface area contributed by atoms with Gasteiger partial charge in [0.15, 0.2) is 0 Å². The number of hydrogen-bond acceptors (Lipinski definition) is 6. The van der Waals surface area contributed by atoms with Crippen LogP contribution in [0.1, 0.15) is 40.2 Å². The van der Waals surface area contributed by atoms with Crippen molar-refractivity contribution in [1.82, 2.24) is 14.7 Å². The number of nitrogens with zero attached hydrogens (tertiary/aromatic N) is 4. The molecule has 1 heterocycles. The van der Waals surface area contributed by atoms with Crippen LogP contribution in [0.5, 0.6) is 0 Å². The first kappa shape index (κ1) is 27.0. The van der Waals surface area contributed by atoms with Crippen LogP contribution < -0.4 is 20.3 Å². The number of aliphatic imine (C=N–C) groups is 1. The van der Waals surface area contributed by atoms with Crippen LogP contribution >= 0.6 is 0 Å². The fourth-order valence-electron chi connectivity index (χ4n) is 3.36. The SMILES string of the molecule is C=CN(C(C)=NCC)c1ccc(Nc2ncc(C)c(Nc3cccc(S(=O)NC(C)(C)C)c3)n2)cc1. The molecule has 0 spiro atoms. The van der Waals surface area contributed by atoms with Gasteiger partial charge in [-0.05, 0) is 84.0 Å². The third-order valence-electron chi connectivity index (χ3n) is 5.00. The van der Waals surface area contributed by atoms with Crippen molar-refractivity contribution in [2.75, 3.05) is 22.1 Å². The van der Waals surface area contributed by atoms with Crippen molar-refractivity contribution in [1.29, 1.82) is 0 Å². The van der Waals surface area contributed by atoms with E-state index in [1.54, 1.807) is 12.4 Å².